The highest BCUT2D eigenvalue weighted by Gasteiger charge is 2.04. The summed E-state index contributed by atoms with van der Waals surface area (Å²) in [6, 6.07) is 28.6. The van der Waals surface area contributed by atoms with Gasteiger partial charge in [0.2, 0.25) is 5.82 Å². The Balaban J connectivity index is 1.21. The van der Waals surface area contributed by atoms with E-state index < -0.39 is 0 Å². The minimum absolute atomic E-state index is 0.446. The molecule has 30 heavy (non-hydrogen) atoms. The van der Waals surface area contributed by atoms with Gasteiger partial charge in [-0.05, 0) is 47.0 Å². The molecule has 0 radical (unpaired) electrons. The summed E-state index contributed by atoms with van der Waals surface area (Å²) in [4.78, 5) is 4.65. The number of hydrogen-bond acceptors (Lipinski definition) is 5. The maximum Gasteiger partial charge on any atom is 0.204 e. The van der Waals surface area contributed by atoms with Crippen LogP contribution in [0.25, 0.3) is 22.3 Å². The molecule has 146 valence electrons. The normalized spacial score (nSPS) is 10.9. The average Bonchev–Trinajstić information content (AvgIpc) is 3.34. The van der Waals surface area contributed by atoms with Crippen molar-refractivity contribution in [2.24, 2.45) is 0 Å². The third kappa shape index (κ3) is 4.03. The first kappa shape index (κ1) is 18.0. The van der Waals surface area contributed by atoms with Crippen molar-refractivity contribution in [2.45, 2.75) is 13.0 Å². The SMILES string of the molecule is c1ccc2nc(COc3ccc(Cc4ccc(-c5nn[nH]n5)cc4)cc3)ccc2c1. The summed E-state index contributed by atoms with van der Waals surface area (Å²) in [5.41, 5.74) is 5.28. The molecule has 0 spiro atoms. The minimum atomic E-state index is 0.446. The molecular weight excluding hydrogens is 374 g/mol. The Morgan fingerprint density at radius 3 is 2.30 bits per heavy atom. The van der Waals surface area contributed by atoms with Crippen molar-refractivity contribution in [3.63, 3.8) is 0 Å². The Morgan fingerprint density at radius 1 is 0.767 bits per heavy atom. The molecule has 0 aliphatic heterocycles. The van der Waals surface area contributed by atoms with Gasteiger partial charge in [0, 0.05) is 10.9 Å². The van der Waals surface area contributed by atoms with Crippen LogP contribution < -0.4 is 4.74 Å². The number of tetrazole rings is 1. The summed E-state index contributed by atoms with van der Waals surface area (Å²) in [5, 5.41) is 15.2. The van der Waals surface area contributed by atoms with E-state index in [9.17, 15) is 0 Å². The Bertz CT molecular complexity index is 1250. The van der Waals surface area contributed by atoms with Crippen LogP contribution in [0.2, 0.25) is 0 Å². The van der Waals surface area contributed by atoms with Crippen molar-refractivity contribution < 1.29 is 4.74 Å². The zero-order valence-electron chi connectivity index (χ0n) is 16.2. The maximum absolute atomic E-state index is 5.92. The number of nitrogens with one attached hydrogen (secondary N) is 1. The van der Waals surface area contributed by atoms with Crippen LogP contribution in [0.3, 0.4) is 0 Å². The average molecular weight is 393 g/mol. The van der Waals surface area contributed by atoms with Gasteiger partial charge in [0.05, 0.1) is 11.2 Å². The van der Waals surface area contributed by atoms with Crippen LogP contribution in [-0.4, -0.2) is 25.6 Å². The van der Waals surface area contributed by atoms with Gasteiger partial charge in [0.1, 0.15) is 12.4 Å². The molecule has 3 aromatic carbocycles. The van der Waals surface area contributed by atoms with E-state index in [0.29, 0.717) is 12.4 Å². The molecule has 2 heterocycles. The van der Waals surface area contributed by atoms with Crippen LogP contribution in [0.4, 0.5) is 0 Å². The van der Waals surface area contributed by atoms with E-state index in [2.05, 4.69) is 62.0 Å². The van der Waals surface area contributed by atoms with E-state index in [0.717, 1.165) is 34.3 Å². The first-order valence-corrected chi connectivity index (χ1v) is 9.73. The topological polar surface area (TPSA) is 76.6 Å². The third-order valence-corrected chi connectivity index (χ3v) is 4.93. The summed E-state index contributed by atoms with van der Waals surface area (Å²) >= 11 is 0. The second kappa shape index (κ2) is 8.13. The molecule has 2 aromatic heterocycles. The van der Waals surface area contributed by atoms with E-state index in [4.69, 9.17) is 4.74 Å². The summed E-state index contributed by atoms with van der Waals surface area (Å²) < 4.78 is 5.92. The van der Waals surface area contributed by atoms with Gasteiger partial charge in [-0.1, -0.05) is 60.7 Å². The lowest BCUT2D eigenvalue weighted by Gasteiger charge is -2.08. The van der Waals surface area contributed by atoms with Crippen molar-refractivity contribution in [3.8, 4) is 17.1 Å². The maximum atomic E-state index is 5.92. The van der Waals surface area contributed by atoms with Crippen molar-refractivity contribution in [2.75, 3.05) is 0 Å². The number of nitrogens with zero attached hydrogens (tertiary/aromatic N) is 4. The molecule has 6 nitrogen and oxygen atoms in total. The van der Waals surface area contributed by atoms with E-state index >= 15 is 0 Å². The van der Waals surface area contributed by atoms with Crippen LogP contribution in [0.15, 0.2) is 84.9 Å². The molecule has 0 saturated heterocycles. The largest absolute Gasteiger partial charge is 0.487 e. The molecule has 0 amide bonds. The van der Waals surface area contributed by atoms with Crippen LogP contribution in [0.1, 0.15) is 16.8 Å². The first-order chi connectivity index (χ1) is 14.8. The molecule has 0 aliphatic rings. The Morgan fingerprint density at radius 2 is 1.53 bits per heavy atom. The van der Waals surface area contributed by atoms with Crippen LogP contribution in [0, 0.1) is 0 Å². The van der Waals surface area contributed by atoms with Gasteiger partial charge < -0.3 is 4.74 Å². The van der Waals surface area contributed by atoms with E-state index in [-0.39, 0.29) is 0 Å². The van der Waals surface area contributed by atoms with Crippen molar-refractivity contribution in [1.29, 1.82) is 0 Å². The van der Waals surface area contributed by atoms with Crippen LogP contribution in [0.5, 0.6) is 5.75 Å². The van der Waals surface area contributed by atoms with Gasteiger partial charge >= 0.3 is 0 Å². The second-order valence-corrected chi connectivity index (χ2v) is 7.04. The molecule has 0 fully saturated rings. The molecule has 6 heteroatoms. The lowest BCUT2D eigenvalue weighted by atomic mass is 10.0. The van der Waals surface area contributed by atoms with Crippen molar-refractivity contribution in [3.05, 3.63) is 102 Å². The standard InChI is InChI=1S/C24H19N5O/c1-2-4-23-19(3-1)11-12-21(25-23)16-30-22-13-7-18(8-14-22)15-17-5-9-20(10-6-17)24-26-28-29-27-24/h1-14H,15-16H2,(H,26,27,28,29). The molecule has 0 atom stereocenters. The van der Waals surface area contributed by atoms with Crippen molar-refractivity contribution >= 4 is 10.9 Å². The van der Waals surface area contributed by atoms with E-state index in [1.807, 2.05) is 48.5 Å². The summed E-state index contributed by atoms with van der Waals surface area (Å²) in [5.74, 6) is 1.44. The third-order valence-electron chi connectivity index (χ3n) is 4.93. The predicted molar refractivity (Wildman–Crippen MR) is 115 cm³/mol. The molecule has 5 aromatic rings. The fourth-order valence-electron chi connectivity index (χ4n) is 3.34. The summed E-state index contributed by atoms with van der Waals surface area (Å²) in [7, 11) is 0. The highest BCUT2D eigenvalue weighted by molar-refractivity contribution is 5.78. The number of benzene rings is 3. The molecule has 0 bridgehead atoms. The predicted octanol–water partition coefficient (Wildman–Crippen LogP) is 4.58. The zero-order chi connectivity index (χ0) is 20.2. The van der Waals surface area contributed by atoms with Gasteiger partial charge in [0.15, 0.2) is 0 Å². The Kier molecular flexibility index (Phi) is 4.88. The van der Waals surface area contributed by atoms with Crippen LogP contribution >= 0.6 is 0 Å². The number of aromatic amines is 1. The summed E-state index contributed by atoms with van der Waals surface area (Å²) in [6.45, 7) is 0.446. The molecule has 0 saturated carbocycles. The number of para-hydroxylation sites is 1. The van der Waals surface area contributed by atoms with Gasteiger partial charge in [-0.3, -0.25) is 0 Å². The fraction of sp³-hybridized carbons (Fsp3) is 0.0833. The number of H-pyrrole nitrogens is 1. The molecular formula is C24H19N5O. The Labute approximate surface area is 173 Å². The second-order valence-electron chi connectivity index (χ2n) is 7.04. The fourth-order valence-corrected chi connectivity index (χ4v) is 3.34. The number of rotatable bonds is 6. The summed E-state index contributed by atoms with van der Waals surface area (Å²) in [6.07, 6.45) is 0.846. The smallest absolute Gasteiger partial charge is 0.204 e. The van der Waals surface area contributed by atoms with E-state index in [1.165, 1.54) is 11.1 Å². The monoisotopic (exact) mass is 393 g/mol. The van der Waals surface area contributed by atoms with Gasteiger partial charge in [-0.25, -0.2) is 4.98 Å². The van der Waals surface area contributed by atoms with Crippen LogP contribution in [-0.2, 0) is 13.0 Å². The van der Waals surface area contributed by atoms with Gasteiger partial charge in [-0.15, -0.1) is 10.2 Å². The number of fused-ring (bicyclic) bond motifs is 1. The highest BCUT2D eigenvalue weighted by atomic mass is 16.5. The Hall–Kier alpha value is -4.06. The number of aromatic nitrogens is 5. The molecule has 5 rings (SSSR count). The number of ether oxygens (including phenoxy) is 1. The highest BCUT2D eigenvalue weighted by Crippen LogP contribution is 2.19. The van der Waals surface area contributed by atoms with Gasteiger partial charge in [-0.2, -0.15) is 5.21 Å². The minimum Gasteiger partial charge on any atom is -0.487 e. The molecule has 0 unspecified atom stereocenters. The number of hydrogen-bond donors (Lipinski definition) is 1. The lowest BCUT2D eigenvalue weighted by Crippen LogP contribution is -1.98. The zero-order valence-corrected chi connectivity index (χ0v) is 16.2. The quantitative estimate of drug-likeness (QED) is 0.457. The van der Waals surface area contributed by atoms with Crippen molar-refractivity contribution in [1.82, 2.24) is 25.6 Å². The molecule has 0 aliphatic carbocycles. The molecule has 1 N–H and O–H groups in total. The van der Waals surface area contributed by atoms with Gasteiger partial charge in [0.25, 0.3) is 0 Å². The lowest BCUT2D eigenvalue weighted by molar-refractivity contribution is 0.301. The number of pyridine rings is 1. The first-order valence-electron chi connectivity index (χ1n) is 9.73. The van der Waals surface area contributed by atoms with E-state index in [1.54, 1.807) is 0 Å².